The molecule has 0 atom stereocenters. The summed E-state index contributed by atoms with van der Waals surface area (Å²) in [5.74, 6) is -1.40. The number of benzene rings is 1. The fourth-order valence-electron chi connectivity index (χ4n) is 1.80. The number of hydrogen-bond donors (Lipinski definition) is 1. The van der Waals surface area contributed by atoms with Crippen molar-refractivity contribution in [2.24, 2.45) is 0 Å². The molecule has 20 heavy (non-hydrogen) atoms. The maximum Gasteiger partial charge on any atom is 0.329 e. The molecule has 108 valence electrons. The summed E-state index contributed by atoms with van der Waals surface area (Å²) in [6.07, 6.45) is 2.93. The lowest BCUT2D eigenvalue weighted by Crippen LogP contribution is -2.52. The van der Waals surface area contributed by atoms with E-state index in [-0.39, 0.29) is 5.91 Å². The Morgan fingerprint density at radius 2 is 1.95 bits per heavy atom. The van der Waals surface area contributed by atoms with Crippen LogP contribution in [0.4, 0.5) is 0 Å². The summed E-state index contributed by atoms with van der Waals surface area (Å²) in [7, 11) is 0. The minimum absolute atomic E-state index is 0.311. The Labute approximate surface area is 123 Å². The molecule has 0 spiro atoms. The molecule has 0 aliphatic carbocycles. The van der Waals surface area contributed by atoms with E-state index in [1.54, 1.807) is 31.2 Å². The number of amides is 1. The number of carboxylic acids is 1. The van der Waals surface area contributed by atoms with E-state index >= 15 is 0 Å². The number of rotatable bonds is 5. The maximum atomic E-state index is 12.1. The molecule has 0 saturated carbocycles. The van der Waals surface area contributed by atoms with Gasteiger partial charge in [0.05, 0.1) is 0 Å². The van der Waals surface area contributed by atoms with Crippen molar-refractivity contribution in [3.63, 3.8) is 0 Å². The highest BCUT2D eigenvalue weighted by Gasteiger charge is 2.35. The van der Waals surface area contributed by atoms with E-state index in [4.69, 9.17) is 11.6 Å². The molecule has 0 radical (unpaired) electrons. The SMILES string of the molecule is CCN(C(=O)C=Cc1ccccc1Cl)C(C)(C)C(=O)O. The van der Waals surface area contributed by atoms with Gasteiger partial charge in [-0.15, -0.1) is 0 Å². The summed E-state index contributed by atoms with van der Waals surface area (Å²) in [5.41, 5.74) is -0.539. The van der Waals surface area contributed by atoms with Gasteiger partial charge in [-0.05, 0) is 38.5 Å². The highest BCUT2D eigenvalue weighted by atomic mass is 35.5. The number of carboxylic acid groups (broad SMARTS) is 1. The summed E-state index contributed by atoms with van der Waals surface area (Å²) >= 11 is 5.99. The third-order valence-corrected chi connectivity index (χ3v) is 3.44. The second-order valence-electron chi connectivity index (χ2n) is 4.80. The van der Waals surface area contributed by atoms with Gasteiger partial charge in [0.2, 0.25) is 5.91 Å². The van der Waals surface area contributed by atoms with E-state index in [0.29, 0.717) is 17.1 Å². The van der Waals surface area contributed by atoms with Crippen LogP contribution in [0.25, 0.3) is 6.08 Å². The third kappa shape index (κ3) is 3.61. The first-order valence-corrected chi connectivity index (χ1v) is 6.66. The molecular weight excluding hydrogens is 278 g/mol. The van der Waals surface area contributed by atoms with Crippen LogP contribution in [0.1, 0.15) is 26.3 Å². The van der Waals surface area contributed by atoms with Crippen LogP contribution in [0.2, 0.25) is 5.02 Å². The zero-order valence-corrected chi connectivity index (χ0v) is 12.5. The Hall–Kier alpha value is -1.81. The largest absolute Gasteiger partial charge is 0.480 e. The summed E-state index contributed by atoms with van der Waals surface area (Å²) in [6, 6.07) is 7.12. The molecule has 1 N–H and O–H groups in total. The first-order chi connectivity index (χ1) is 9.30. The maximum absolute atomic E-state index is 12.1. The molecule has 0 aromatic heterocycles. The molecule has 1 amide bonds. The highest BCUT2D eigenvalue weighted by Crippen LogP contribution is 2.18. The quantitative estimate of drug-likeness (QED) is 0.849. The van der Waals surface area contributed by atoms with Crippen LogP contribution in [0.3, 0.4) is 0 Å². The van der Waals surface area contributed by atoms with Crippen LogP contribution in [-0.2, 0) is 9.59 Å². The standard InChI is InChI=1S/C15H18ClNO3/c1-4-17(15(2,3)14(19)20)13(18)10-9-11-7-5-6-8-12(11)16/h5-10H,4H2,1-3H3,(H,19,20). The predicted molar refractivity (Wildman–Crippen MR) is 79.6 cm³/mol. The minimum Gasteiger partial charge on any atom is -0.480 e. The molecule has 0 aliphatic heterocycles. The zero-order valence-electron chi connectivity index (χ0n) is 11.8. The van der Waals surface area contributed by atoms with E-state index < -0.39 is 11.5 Å². The zero-order chi connectivity index (χ0) is 15.3. The fraction of sp³-hybridized carbons (Fsp3) is 0.333. The van der Waals surface area contributed by atoms with Crippen molar-refractivity contribution < 1.29 is 14.7 Å². The second-order valence-corrected chi connectivity index (χ2v) is 5.21. The monoisotopic (exact) mass is 295 g/mol. The molecule has 0 bridgehead atoms. The summed E-state index contributed by atoms with van der Waals surface area (Å²) in [5, 5.41) is 9.72. The van der Waals surface area contributed by atoms with E-state index in [9.17, 15) is 14.7 Å². The topological polar surface area (TPSA) is 57.6 Å². The van der Waals surface area contributed by atoms with Gasteiger partial charge in [-0.2, -0.15) is 0 Å². The predicted octanol–water partition coefficient (Wildman–Crippen LogP) is 3.06. The van der Waals surface area contributed by atoms with Crippen LogP contribution in [-0.4, -0.2) is 34.0 Å². The van der Waals surface area contributed by atoms with Crippen molar-refractivity contribution in [1.82, 2.24) is 4.90 Å². The lowest BCUT2D eigenvalue weighted by Gasteiger charge is -2.33. The number of carbonyl (C=O) groups is 2. The smallest absolute Gasteiger partial charge is 0.329 e. The van der Waals surface area contributed by atoms with Gasteiger partial charge in [0.1, 0.15) is 5.54 Å². The van der Waals surface area contributed by atoms with Crippen molar-refractivity contribution >= 4 is 29.6 Å². The summed E-state index contributed by atoms with van der Waals surface area (Å²) in [4.78, 5) is 24.7. The number of carbonyl (C=O) groups excluding carboxylic acids is 1. The van der Waals surface area contributed by atoms with Crippen LogP contribution < -0.4 is 0 Å². The first-order valence-electron chi connectivity index (χ1n) is 6.28. The third-order valence-electron chi connectivity index (χ3n) is 3.09. The minimum atomic E-state index is -1.25. The van der Waals surface area contributed by atoms with Gasteiger partial charge < -0.3 is 10.0 Å². The number of halogens is 1. The first kappa shape index (κ1) is 16.2. The van der Waals surface area contributed by atoms with E-state index in [0.717, 1.165) is 0 Å². The average Bonchev–Trinajstić information content (AvgIpc) is 2.38. The molecule has 1 rings (SSSR count). The molecule has 0 fully saturated rings. The van der Waals surface area contributed by atoms with Gasteiger partial charge in [-0.3, -0.25) is 4.79 Å². The van der Waals surface area contributed by atoms with Crippen molar-refractivity contribution in [1.29, 1.82) is 0 Å². The van der Waals surface area contributed by atoms with Crippen molar-refractivity contribution in [2.75, 3.05) is 6.54 Å². The molecular formula is C15H18ClNO3. The normalized spacial score (nSPS) is 11.6. The van der Waals surface area contributed by atoms with Gasteiger partial charge in [0.15, 0.2) is 0 Å². The molecule has 1 aromatic rings. The van der Waals surface area contributed by atoms with Gasteiger partial charge >= 0.3 is 5.97 Å². The molecule has 0 saturated heterocycles. The number of likely N-dealkylation sites (N-methyl/N-ethyl adjacent to an activating group) is 1. The van der Waals surface area contributed by atoms with Crippen LogP contribution in [0, 0.1) is 0 Å². The Balaban J connectivity index is 2.94. The molecule has 5 heteroatoms. The van der Waals surface area contributed by atoms with Crippen LogP contribution in [0.15, 0.2) is 30.3 Å². The van der Waals surface area contributed by atoms with E-state index in [1.165, 1.54) is 24.8 Å². The van der Waals surface area contributed by atoms with Gasteiger partial charge in [0, 0.05) is 17.6 Å². The lowest BCUT2D eigenvalue weighted by molar-refractivity contribution is -0.154. The van der Waals surface area contributed by atoms with Crippen LogP contribution in [0.5, 0.6) is 0 Å². The Bertz CT molecular complexity index is 538. The number of nitrogens with zero attached hydrogens (tertiary/aromatic N) is 1. The number of hydrogen-bond acceptors (Lipinski definition) is 2. The Morgan fingerprint density at radius 3 is 2.45 bits per heavy atom. The number of aliphatic carboxylic acids is 1. The second kappa shape index (κ2) is 6.57. The van der Waals surface area contributed by atoms with Gasteiger partial charge in [0.25, 0.3) is 0 Å². The van der Waals surface area contributed by atoms with Gasteiger partial charge in [-0.25, -0.2) is 4.79 Å². The highest BCUT2D eigenvalue weighted by molar-refractivity contribution is 6.32. The van der Waals surface area contributed by atoms with Crippen LogP contribution >= 0.6 is 11.6 Å². The van der Waals surface area contributed by atoms with E-state index in [1.807, 2.05) is 6.07 Å². The Kier molecular flexibility index (Phi) is 5.34. The average molecular weight is 296 g/mol. The van der Waals surface area contributed by atoms with Gasteiger partial charge in [-0.1, -0.05) is 29.8 Å². The van der Waals surface area contributed by atoms with Crippen molar-refractivity contribution in [2.45, 2.75) is 26.3 Å². The molecule has 0 heterocycles. The summed E-state index contributed by atoms with van der Waals surface area (Å²) < 4.78 is 0. The molecule has 1 aromatic carbocycles. The Morgan fingerprint density at radius 1 is 1.35 bits per heavy atom. The van der Waals surface area contributed by atoms with Crippen molar-refractivity contribution in [3.8, 4) is 0 Å². The molecule has 4 nitrogen and oxygen atoms in total. The van der Waals surface area contributed by atoms with Crippen molar-refractivity contribution in [3.05, 3.63) is 40.9 Å². The molecule has 0 aliphatic rings. The fourth-order valence-corrected chi connectivity index (χ4v) is 2.00. The van der Waals surface area contributed by atoms with E-state index in [2.05, 4.69) is 0 Å². The molecule has 0 unspecified atom stereocenters. The summed E-state index contributed by atoms with van der Waals surface area (Å²) in [6.45, 7) is 5.05. The lowest BCUT2D eigenvalue weighted by atomic mass is 10.0.